The van der Waals surface area contributed by atoms with Gasteiger partial charge in [-0.3, -0.25) is 4.79 Å². The van der Waals surface area contributed by atoms with Crippen LogP contribution in [0.1, 0.15) is 49.9 Å². The van der Waals surface area contributed by atoms with Gasteiger partial charge >= 0.3 is 0 Å². The van der Waals surface area contributed by atoms with Crippen molar-refractivity contribution in [3.63, 3.8) is 0 Å². The van der Waals surface area contributed by atoms with Crippen LogP contribution in [-0.2, 0) is 0 Å². The number of rotatable bonds is 8. The number of carbonyl (C=O) groups excluding carboxylic acids is 1. The van der Waals surface area contributed by atoms with Crippen LogP contribution >= 0.6 is 11.6 Å². The standard InChI is InChI=1S/C16H24ClN3O/c1-3-7-18-15-9-13(14(17)10-19-15)16(21)20(8-4-2)11-12-5-6-12/h9-10,12H,3-8,11H2,1-2H3,(H,18,19). The van der Waals surface area contributed by atoms with Gasteiger partial charge in [0.15, 0.2) is 0 Å². The van der Waals surface area contributed by atoms with E-state index in [-0.39, 0.29) is 5.91 Å². The number of nitrogens with zero attached hydrogens (tertiary/aromatic N) is 2. The van der Waals surface area contributed by atoms with Crippen LogP contribution in [0.25, 0.3) is 0 Å². The van der Waals surface area contributed by atoms with Crippen molar-refractivity contribution >= 4 is 23.3 Å². The average molecular weight is 310 g/mol. The maximum atomic E-state index is 12.7. The minimum absolute atomic E-state index is 0.0238. The maximum Gasteiger partial charge on any atom is 0.255 e. The number of nitrogens with one attached hydrogen (secondary N) is 1. The lowest BCUT2D eigenvalue weighted by Gasteiger charge is -2.22. The molecule has 0 aliphatic heterocycles. The van der Waals surface area contributed by atoms with Gasteiger partial charge in [0, 0.05) is 25.8 Å². The molecule has 0 spiro atoms. The summed E-state index contributed by atoms with van der Waals surface area (Å²) in [5, 5.41) is 3.63. The molecular weight excluding hydrogens is 286 g/mol. The molecule has 1 aromatic heterocycles. The average Bonchev–Trinajstić information content (AvgIpc) is 3.29. The van der Waals surface area contributed by atoms with Crippen LogP contribution in [0, 0.1) is 5.92 Å². The molecule has 1 fully saturated rings. The first kappa shape index (κ1) is 16.1. The summed E-state index contributed by atoms with van der Waals surface area (Å²) in [6.07, 6.45) is 6.01. The number of halogens is 1. The minimum Gasteiger partial charge on any atom is -0.370 e. The fraction of sp³-hybridized carbons (Fsp3) is 0.625. The number of pyridine rings is 1. The Morgan fingerprint density at radius 3 is 2.81 bits per heavy atom. The van der Waals surface area contributed by atoms with E-state index in [1.807, 2.05) is 4.90 Å². The third-order valence-corrected chi connectivity index (χ3v) is 3.90. The molecule has 0 radical (unpaired) electrons. The molecule has 116 valence electrons. The minimum atomic E-state index is 0.0238. The number of hydrogen-bond acceptors (Lipinski definition) is 3. The molecule has 1 aliphatic rings. The van der Waals surface area contributed by atoms with Crippen molar-refractivity contribution in [1.29, 1.82) is 0 Å². The van der Waals surface area contributed by atoms with Crippen LogP contribution in [0.4, 0.5) is 5.82 Å². The van der Waals surface area contributed by atoms with Crippen molar-refractivity contribution in [2.75, 3.05) is 25.0 Å². The van der Waals surface area contributed by atoms with Gasteiger partial charge in [0.1, 0.15) is 5.82 Å². The summed E-state index contributed by atoms with van der Waals surface area (Å²) >= 11 is 6.18. The van der Waals surface area contributed by atoms with E-state index < -0.39 is 0 Å². The van der Waals surface area contributed by atoms with Crippen LogP contribution in [0.2, 0.25) is 5.02 Å². The molecule has 0 unspecified atom stereocenters. The Morgan fingerprint density at radius 2 is 2.19 bits per heavy atom. The lowest BCUT2D eigenvalue weighted by molar-refractivity contribution is 0.0748. The van der Waals surface area contributed by atoms with Crippen LogP contribution < -0.4 is 5.32 Å². The first-order valence-corrected chi connectivity index (χ1v) is 8.22. The largest absolute Gasteiger partial charge is 0.370 e. The highest BCUT2D eigenvalue weighted by molar-refractivity contribution is 6.33. The third-order valence-electron chi connectivity index (χ3n) is 3.60. The molecule has 0 atom stereocenters. The van der Waals surface area contributed by atoms with E-state index in [2.05, 4.69) is 24.1 Å². The van der Waals surface area contributed by atoms with Gasteiger partial charge in [0.05, 0.1) is 10.6 Å². The summed E-state index contributed by atoms with van der Waals surface area (Å²) in [6.45, 7) is 6.65. The number of aromatic nitrogens is 1. The molecule has 1 amide bonds. The summed E-state index contributed by atoms with van der Waals surface area (Å²) in [7, 11) is 0. The number of hydrogen-bond donors (Lipinski definition) is 1. The topological polar surface area (TPSA) is 45.2 Å². The van der Waals surface area contributed by atoms with E-state index in [0.29, 0.717) is 22.3 Å². The van der Waals surface area contributed by atoms with Gasteiger partial charge in [-0.05, 0) is 37.7 Å². The molecule has 1 aliphatic carbocycles. The molecule has 1 aromatic rings. The Bertz CT molecular complexity index is 488. The highest BCUT2D eigenvalue weighted by Gasteiger charge is 2.27. The molecule has 0 bridgehead atoms. The molecule has 1 heterocycles. The normalized spacial score (nSPS) is 14.0. The van der Waals surface area contributed by atoms with Gasteiger partial charge in [-0.25, -0.2) is 4.98 Å². The van der Waals surface area contributed by atoms with Gasteiger partial charge in [0.25, 0.3) is 5.91 Å². The van der Waals surface area contributed by atoms with E-state index in [0.717, 1.165) is 32.5 Å². The zero-order valence-electron chi connectivity index (χ0n) is 12.9. The molecule has 0 saturated heterocycles. The predicted molar refractivity (Wildman–Crippen MR) is 86.9 cm³/mol. The quantitative estimate of drug-likeness (QED) is 0.794. The van der Waals surface area contributed by atoms with Crippen molar-refractivity contribution in [1.82, 2.24) is 9.88 Å². The number of amides is 1. The summed E-state index contributed by atoms with van der Waals surface area (Å²) < 4.78 is 0. The van der Waals surface area contributed by atoms with Crippen LogP contribution in [0.15, 0.2) is 12.3 Å². The van der Waals surface area contributed by atoms with E-state index in [1.165, 1.54) is 12.8 Å². The van der Waals surface area contributed by atoms with Crippen molar-refractivity contribution in [2.45, 2.75) is 39.5 Å². The summed E-state index contributed by atoms with van der Waals surface area (Å²) in [5.41, 5.74) is 0.555. The van der Waals surface area contributed by atoms with Crippen molar-refractivity contribution in [3.05, 3.63) is 22.8 Å². The highest BCUT2D eigenvalue weighted by atomic mass is 35.5. The van der Waals surface area contributed by atoms with Crippen LogP contribution in [-0.4, -0.2) is 35.4 Å². The summed E-state index contributed by atoms with van der Waals surface area (Å²) in [5.74, 6) is 1.42. The highest BCUT2D eigenvalue weighted by Crippen LogP contribution is 2.31. The number of carbonyl (C=O) groups is 1. The van der Waals surface area contributed by atoms with E-state index in [9.17, 15) is 4.79 Å². The molecule has 4 nitrogen and oxygen atoms in total. The van der Waals surface area contributed by atoms with Crippen molar-refractivity contribution < 1.29 is 4.79 Å². The van der Waals surface area contributed by atoms with Gasteiger partial charge in [0.2, 0.25) is 0 Å². The first-order valence-electron chi connectivity index (χ1n) is 7.84. The molecule has 1 saturated carbocycles. The Morgan fingerprint density at radius 1 is 1.43 bits per heavy atom. The molecule has 1 N–H and O–H groups in total. The molecule has 0 aromatic carbocycles. The SMILES string of the molecule is CCCNc1cc(C(=O)N(CCC)CC2CC2)c(Cl)cn1. The molecule has 5 heteroatoms. The zero-order valence-corrected chi connectivity index (χ0v) is 13.6. The number of anilines is 1. The second-order valence-electron chi connectivity index (χ2n) is 5.67. The predicted octanol–water partition coefficient (Wildman–Crippen LogP) is 3.82. The first-order chi connectivity index (χ1) is 10.2. The van der Waals surface area contributed by atoms with Gasteiger partial charge < -0.3 is 10.2 Å². The van der Waals surface area contributed by atoms with Crippen molar-refractivity contribution in [3.8, 4) is 0 Å². The summed E-state index contributed by atoms with van der Waals surface area (Å²) in [6, 6.07) is 1.77. The van der Waals surface area contributed by atoms with Crippen LogP contribution in [0.5, 0.6) is 0 Å². The zero-order chi connectivity index (χ0) is 15.2. The van der Waals surface area contributed by atoms with Crippen LogP contribution in [0.3, 0.4) is 0 Å². The van der Waals surface area contributed by atoms with E-state index in [4.69, 9.17) is 11.6 Å². The molecule has 21 heavy (non-hydrogen) atoms. The van der Waals surface area contributed by atoms with Crippen molar-refractivity contribution in [2.24, 2.45) is 5.92 Å². The van der Waals surface area contributed by atoms with Gasteiger partial charge in [-0.15, -0.1) is 0 Å². The second-order valence-corrected chi connectivity index (χ2v) is 6.08. The fourth-order valence-electron chi connectivity index (χ4n) is 2.28. The van der Waals surface area contributed by atoms with E-state index >= 15 is 0 Å². The fourth-order valence-corrected chi connectivity index (χ4v) is 2.46. The smallest absolute Gasteiger partial charge is 0.255 e. The monoisotopic (exact) mass is 309 g/mol. The van der Waals surface area contributed by atoms with Gasteiger partial charge in [-0.1, -0.05) is 25.4 Å². The lowest BCUT2D eigenvalue weighted by atomic mass is 10.2. The third kappa shape index (κ3) is 4.60. The Kier molecular flexibility index (Phi) is 5.85. The Labute approximate surface area is 131 Å². The lowest BCUT2D eigenvalue weighted by Crippen LogP contribution is -2.34. The van der Waals surface area contributed by atoms with Gasteiger partial charge in [-0.2, -0.15) is 0 Å². The van der Waals surface area contributed by atoms with E-state index in [1.54, 1.807) is 12.3 Å². The molecule has 2 rings (SSSR count). The Hall–Kier alpha value is -1.29. The Balaban J connectivity index is 2.14. The second kappa shape index (κ2) is 7.64. The maximum absolute atomic E-state index is 12.7. The summed E-state index contributed by atoms with van der Waals surface area (Å²) in [4.78, 5) is 18.9. The molecular formula is C16H24ClN3O.